The SMILES string of the molecule is CC.CC.CC(C)(C)OC(=O)N1CCC(CCOc2ccnc(N)c2)C1. The van der Waals surface area contributed by atoms with Crippen LogP contribution in [0.3, 0.4) is 0 Å². The van der Waals surface area contributed by atoms with Crippen molar-refractivity contribution in [3.63, 3.8) is 0 Å². The Morgan fingerprint density at radius 2 is 1.96 bits per heavy atom. The number of amides is 1. The molecule has 0 saturated carbocycles. The van der Waals surface area contributed by atoms with Crippen molar-refractivity contribution in [2.45, 2.75) is 66.9 Å². The molecule has 26 heavy (non-hydrogen) atoms. The number of hydrogen-bond donors (Lipinski definition) is 1. The lowest BCUT2D eigenvalue weighted by molar-refractivity contribution is 0.0286. The molecule has 0 radical (unpaired) electrons. The van der Waals surface area contributed by atoms with Crippen LogP contribution in [0.2, 0.25) is 0 Å². The van der Waals surface area contributed by atoms with Crippen LogP contribution in [0.25, 0.3) is 0 Å². The monoisotopic (exact) mass is 367 g/mol. The number of aromatic nitrogens is 1. The Labute approximate surface area is 159 Å². The van der Waals surface area contributed by atoms with Gasteiger partial charge in [-0.2, -0.15) is 0 Å². The molecule has 1 amide bonds. The smallest absolute Gasteiger partial charge is 0.410 e. The molecule has 0 aliphatic carbocycles. The summed E-state index contributed by atoms with van der Waals surface area (Å²) in [6.07, 6.45) is 3.30. The normalized spacial score (nSPS) is 16.0. The van der Waals surface area contributed by atoms with E-state index < -0.39 is 5.60 Å². The standard InChI is InChI=1S/C16H25N3O3.2C2H6/c1-16(2,3)22-15(20)19-8-5-12(11-19)6-9-21-13-4-7-18-14(17)10-13;2*1-2/h4,7,10,12H,5-6,8-9,11H2,1-3H3,(H2,17,18);2*1-2H3. The van der Waals surface area contributed by atoms with Gasteiger partial charge >= 0.3 is 6.09 Å². The molecule has 6 nitrogen and oxygen atoms in total. The highest BCUT2D eigenvalue weighted by Gasteiger charge is 2.29. The Kier molecular flexibility index (Phi) is 11.4. The number of anilines is 1. The minimum Gasteiger partial charge on any atom is -0.493 e. The van der Waals surface area contributed by atoms with Crippen LogP contribution in [0.5, 0.6) is 5.75 Å². The van der Waals surface area contributed by atoms with Crippen LogP contribution in [-0.2, 0) is 4.74 Å². The topological polar surface area (TPSA) is 77.7 Å². The molecule has 0 spiro atoms. The second-order valence-corrected chi connectivity index (χ2v) is 6.63. The number of hydrogen-bond acceptors (Lipinski definition) is 5. The first kappa shape index (κ1) is 24.0. The zero-order valence-electron chi connectivity index (χ0n) is 17.5. The zero-order valence-corrected chi connectivity index (χ0v) is 17.5. The first-order valence-corrected chi connectivity index (χ1v) is 9.66. The molecule has 1 saturated heterocycles. The van der Waals surface area contributed by atoms with Gasteiger partial charge in [-0.25, -0.2) is 9.78 Å². The number of nitrogen functional groups attached to an aromatic ring is 1. The van der Waals surface area contributed by atoms with E-state index in [1.54, 1.807) is 23.2 Å². The van der Waals surface area contributed by atoms with Crippen molar-refractivity contribution in [2.24, 2.45) is 5.92 Å². The van der Waals surface area contributed by atoms with Gasteiger partial charge in [-0.05, 0) is 45.6 Å². The van der Waals surface area contributed by atoms with Crippen molar-refractivity contribution < 1.29 is 14.3 Å². The Balaban J connectivity index is 0.00000146. The van der Waals surface area contributed by atoms with Crippen LogP contribution < -0.4 is 10.5 Å². The van der Waals surface area contributed by atoms with Crippen molar-refractivity contribution in [1.82, 2.24) is 9.88 Å². The molecule has 0 aromatic carbocycles. The Bertz CT molecular complexity index is 515. The minimum atomic E-state index is -0.445. The van der Waals surface area contributed by atoms with Crippen LogP contribution in [0.1, 0.15) is 61.3 Å². The van der Waals surface area contributed by atoms with Crippen LogP contribution in [-0.4, -0.2) is 41.3 Å². The van der Waals surface area contributed by atoms with E-state index in [0.29, 0.717) is 18.3 Å². The van der Waals surface area contributed by atoms with E-state index in [-0.39, 0.29) is 6.09 Å². The molecular formula is C20H37N3O3. The van der Waals surface area contributed by atoms with Crippen molar-refractivity contribution in [3.05, 3.63) is 18.3 Å². The van der Waals surface area contributed by atoms with Gasteiger partial charge in [0.05, 0.1) is 6.61 Å². The lowest BCUT2D eigenvalue weighted by atomic mass is 10.1. The lowest BCUT2D eigenvalue weighted by Crippen LogP contribution is -2.35. The average molecular weight is 368 g/mol. The highest BCUT2D eigenvalue weighted by Crippen LogP contribution is 2.22. The molecule has 1 aromatic heterocycles. The third-order valence-electron chi connectivity index (χ3n) is 3.48. The summed E-state index contributed by atoms with van der Waals surface area (Å²) in [6, 6.07) is 3.50. The van der Waals surface area contributed by atoms with Gasteiger partial charge in [0.15, 0.2) is 0 Å². The molecule has 1 aliphatic rings. The number of nitrogens with zero attached hydrogens (tertiary/aromatic N) is 2. The highest BCUT2D eigenvalue weighted by molar-refractivity contribution is 5.68. The summed E-state index contributed by atoms with van der Waals surface area (Å²) in [4.78, 5) is 17.7. The molecule has 6 heteroatoms. The average Bonchev–Trinajstić information content (AvgIpc) is 3.06. The van der Waals surface area contributed by atoms with E-state index in [0.717, 1.165) is 31.7 Å². The minimum absolute atomic E-state index is 0.224. The Hall–Kier alpha value is -1.98. The summed E-state index contributed by atoms with van der Waals surface area (Å²) in [5.74, 6) is 1.63. The summed E-state index contributed by atoms with van der Waals surface area (Å²) in [7, 11) is 0. The van der Waals surface area contributed by atoms with Gasteiger partial charge in [-0.1, -0.05) is 27.7 Å². The second kappa shape index (κ2) is 12.4. The van der Waals surface area contributed by atoms with Crippen LogP contribution in [0, 0.1) is 5.92 Å². The van der Waals surface area contributed by atoms with Crippen LogP contribution >= 0.6 is 0 Å². The fourth-order valence-corrected chi connectivity index (χ4v) is 2.42. The molecule has 0 bridgehead atoms. The maximum Gasteiger partial charge on any atom is 0.410 e. The lowest BCUT2D eigenvalue weighted by Gasteiger charge is -2.24. The molecule has 2 heterocycles. The number of carbonyl (C=O) groups is 1. The second-order valence-electron chi connectivity index (χ2n) is 6.63. The molecule has 1 atom stereocenters. The molecule has 2 rings (SSSR count). The van der Waals surface area contributed by atoms with Crippen molar-refractivity contribution >= 4 is 11.9 Å². The van der Waals surface area contributed by atoms with Gasteiger partial charge < -0.3 is 20.1 Å². The van der Waals surface area contributed by atoms with Crippen LogP contribution in [0.4, 0.5) is 10.6 Å². The van der Waals surface area contributed by atoms with Crippen LogP contribution in [0.15, 0.2) is 18.3 Å². The zero-order chi connectivity index (χ0) is 20.2. The first-order valence-electron chi connectivity index (χ1n) is 9.66. The molecule has 1 aromatic rings. The summed E-state index contributed by atoms with van der Waals surface area (Å²) in [6.45, 7) is 15.7. The van der Waals surface area contributed by atoms with Gasteiger partial charge in [0, 0.05) is 25.4 Å². The summed E-state index contributed by atoms with van der Waals surface area (Å²) < 4.78 is 11.1. The van der Waals surface area contributed by atoms with Gasteiger partial charge in [0.25, 0.3) is 0 Å². The predicted octanol–water partition coefficient (Wildman–Crippen LogP) is 4.74. The molecule has 2 N–H and O–H groups in total. The van der Waals surface area contributed by atoms with Gasteiger partial charge in [-0.15, -0.1) is 0 Å². The van der Waals surface area contributed by atoms with E-state index in [1.807, 2.05) is 48.5 Å². The summed E-state index contributed by atoms with van der Waals surface area (Å²) in [5.41, 5.74) is 5.16. The van der Waals surface area contributed by atoms with E-state index in [1.165, 1.54) is 0 Å². The van der Waals surface area contributed by atoms with E-state index >= 15 is 0 Å². The number of likely N-dealkylation sites (tertiary alicyclic amines) is 1. The molecule has 1 unspecified atom stereocenters. The maximum absolute atomic E-state index is 12.0. The number of nitrogens with two attached hydrogens (primary N) is 1. The van der Waals surface area contributed by atoms with E-state index in [2.05, 4.69) is 4.98 Å². The van der Waals surface area contributed by atoms with Crippen molar-refractivity contribution in [3.8, 4) is 5.75 Å². The number of carbonyl (C=O) groups excluding carboxylic acids is 1. The van der Waals surface area contributed by atoms with Crippen molar-refractivity contribution in [2.75, 3.05) is 25.4 Å². The Morgan fingerprint density at radius 1 is 1.31 bits per heavy atom. The third-order valence-corrected chi connectivity index (χ3v) is 3.48. The largest absolute Gasteiger partial charge is 0.493 e. The fourth-order valence-electron chi connectivity index (χ4n) is 2.42. The molecule has 1 aliphatic heterocycles. The molecule has 150 valence electrons. The first-order chi connectivity index (χ1) is 12.3. The van der Waals surface area contributed by atoms with E-state index in [9.17, 15) is 4.79 Å². The van der Waals surface area contributed by atoms with Crippen molar-refractivity contribution in [1.29, 1.82) is 0 Å². The quantitative estimate of drug-likeness (QED) is 0.831. The summed E-state index contributed by atoms with van der Waals surface area (Å²) in [5, 5.41) is 0. The maximum atomic E-state index is 12.0. The van der Waals surface area contributed by atoms with E-state index in [4.69, 9.17) is 15.2 Å². The van der Waals surface area contributed by atoms with Gasteiger partial charge in [0.1, 0.15) is 17.2 Å². The highest BCUT2D eigenvalue weighted by atomic mass is 16.6. The predicted molar refractivity (Wildman–Crippen MR) is 107 cm³/mol. The third kappa shape index (κ3) is 9.49. The number of ether oxygens (including phenoxy) is 2. The number of pyridine rings is 1. The molecular weight excluding hydrogens is 330 g/mol. The fraction of sp³-hybridized carbons (Fsp3) is 0.700. The number of rotatable bonds is 4. The summed E-state index contributed by atoms with van der Waals surface area (Å²) >= 11 is 0. The molecule has 1 fully saturated rings. The van der Waals surface area contributed by atoms with Gasteiger partial charge in [0.2, 0.25) is 0 Å². The Morgan fingerprint density at radius 3 is 2.54 bits per heavy atom. The van der Waals surface area contributed by atoms with Gasteiger partial charge in [-0.3, -0.25) is 0 Å².